The number of nitrogens with one attached hydrogen (secondary N) is 1. The summed E-state index contributed by atoms with van der Waals surface area (Å²) in [6.07, 6.45) is -0.227. The van der Waals surface area contributed by atoms with Crippen LogP contribution < -0.4 is 10.1 Å². The largest absolute Gasteiger partial charge is 0.492 e. The number of anilines is 1. The van der Waals surface area contributed by atoms with E-state index in [0.29, 0.717) is 26.4 Å². The van der Waals surface area contributed by atoms with Crippen molar-refractivity contribution in [3.05, 3.63) is 24.3 Å². The van der Waals surface area contributed by atoms with E-state index in [9.17, 15) is 0 Å². The van der Waals surface area contributed by atoms with Crippen LogP contribution in [0, 0.1) is 0 Å². The van der Waals surface area contributed by atoms with Crippen molar-refractivity contribution in [2.75, 3.05) is 31.7 Å². The topological polar surface area (TPSA) is 39.7 Å². The molecule has 0 atom stereocenters. The molecule has 0 heterocycles. The van der Waals surface area contributed by atoms with Crippen molar-refractivity contribution < 1.29 is 14.2 Å². The van der Waals surface area contributed by atoms with Gasteiger partial charge in [0, 0.05) is 13.2 Å². The lowest BCUT2D eigenvalue weighted by molar-refractivity contribution is -0.126. The molecule has 102 valence electrons. The molecule has 0 amide bonds. The van der Waals surface area contributed by atoms with Crippen LogP contribution in [0.2, 0.25) is 0 Å². The highest BCUT2D eigenvalue weighted by Crippen LogP contribution is 2.23. The van der Waals surface area contributed by atoms with Gasteiger partial charge in [-0.1, -0.05) is 12.1 Å². The molecule has 0 radical (unpaired) electrons. The number of hydrogen-bond donors (Lipinski definition) is 1. The lowest BCUT2D eigenvalue weighted by Crippen LogP contribution is -2.26. The highest BCUT2D eigenvalue weighted by molar-refractivity contribution is 5.56. The minimum Gasteiger partial charge on any atom is -0.492 e. The SMILES string of the molecule is CCOc1ccccc1NCC(OCC)OCC. The Morgan fingerprint density at radius 1 is 1.00 bits per heavy atom. The number of benzene rings is 1. The van der Waals surface area contributed by atoms with Gasteiger partial charge in [-0.2, -0.15) is 0 Å². The van der Waals surface area contributed by atoms with E-state index < -0.39 is 0 Å². The summed E-state index contributed by atoms with van der Waals surface area (Å²) >= 11 is 0. The molecule has 0 unspecified atom stereocenters. The average molecular weight is 253 g/mol. The van der Waals surface area contributed by atoms with E-state index in [-0.39, 0.29) is 6.29 Å². The zero-order valence-electron chi connectivity index (χ0n) is 11.4. The van der Waals surface area contributed by atoms with Gasteiger partial charge in [-0.05, 0) is 32.9 Å². The van der Waals surface area contributed by atoms with Crippen LogP contribution >= 0.6 is 0 Å². The van der Waals surface area contributed by atoms with Gasteiger partial charge in [0.05, 0.1) is 18.8 Å². The molecule has 18 heavy (non-hydrogen) atoms. The molecule has 0 aliphatic rings. The summed E-state index contributed by atoms with van der Waals surface area (Å²) in [5.41, 5.74) is 0.962. The Bertz CT molecular complexity index is 325. The fourth-order valence-corrected chi connectivity index (χ4v) is 1.63. The van der Waals surface area contributed by atoms with Crippen molar-refractivity contribution in [3.63, 3.8) is 0 Å². The molecule has 1 rings (SSSR count). The van der Waals surface area contributed by atoms with Crippen molar-refractivity contribution in [2.45, 2.75) is 27.1 Å². The van der Waals surface area contributed by atoms with Crippen molar-refractivity contribution in [2.24, 2.45) is 0 Å². The van der Waals surface area contributed by atoms with Crippen molar-refractivity contribution in [3.8, 4) is 5.75 Å². The fourth-order valence-electron chi connectivity index (χ4n) is 1.63. The first-order chi connectivity index (χ1) is 8.81. The minimum absolute atomic E-state index is 0.227. The van der Waals surface area contributed by atoms with Gasteiger partial charge < -0.3 is 19.5 Å². The van der Waals surface area contributed by atoms with Crippen LogP contribution in [0.25, 0.3) is 0 Å². The molecular formula is C14H23NO3. The summed E-state index contributed by atoms with van der Waals surface area (Å²) in [4.78, 5) is 0. The Labute approximate surface area is 109 Å². The summed E-state index contributed by atoms with van der Waals surface area (Å²) in [6.45, 7) is 8.42. The zero-order chi connectivity index (χ0) is 13.2. The number of ether oxygens (including phenoxy) is 3. The maximum atomic E-state index is 5.55. The maximum absolute atomic E-state index is 5.55. The summed E-state index contributed by atoms with van der Waals surface area (Å²) in [5, 5.41) is 3.29. The lowest BCUT2D eigenvalue weighted by Gasteiger charge is -2.19. The zero-order valence-corrected chi connectivity index (χ0v) is 11.4. The standard InChI is InChI=1S/C14H23NO3/c1-4-16-13-10-8-7-9-12(13)15-11-14(17-5-2)18-6-3/h7-10,14-15H,4-6,11H2,1-3H3. The van der Waals surface area contributed by atoms with E-state index in [1.807, 2.05) is 45.0 Å². The Hall–Kier alpha value is -1.26. The molecule has 1 aromatic rings. The van der Waals surface area contributed by atoms with Crippen molar-refractivity contribution >= 4 is 5.69 Å². The third kappa shape index (κ3) is 4.94. The predicted octanol–water partition coefficient (Wildman–Crippen LogP) is 2.90. The first-order valence-corrected chi connectivity index (χ1v) is 6.50. The first-order valence-electron chi connectivity index (χ1n) is 6.50. The fraction of sp³-hybridized carbons (Fsp3) is 0.571. The van der Waals surface area contributed by atoms with Crippen molar-refractivity contribution in [1.82, 2.24) is 0 Å². The smallest absolute Gasteiger partial charge is 0.174 e. The van der Waals surface area contributed by atoms with Gasteiger partial charge in [-0.3, -0.25) is 0 Å². The van der Waals surface area contributed by atoms with E-state index in [1.54, 1.807) is 0 Å². The van der Waals surface area contributed by atoms with Crippen LogP contribution in [-0.2, 0) is 9.47 Å². The molecule has 0 saturated carbocycles. The molecule has 0 aliphatic carbocycles. The van der Waals surface area contributed by atoms with Gasteiger partial charge in [0.1, 0.15) is 5.75 Å². The molecular weight excluding hydrogens is 230 g/mol. The molecule has 0 saturated heterocycles. The van der Waals surface area contributed by atoms with Crippen LogP contribution in [0.15, 0.2) is 24.3 Å². The predicted molar refractivity (Wildman–Crippen MR) is 73.1 cm³/mol. The van der Waals surface area contributed by atoms with Crippen LogP contribution in [0.4, 0.5) is 5.69 Å². The lowest BCUT2D eigenvalue weighted by atomic mass is 10.3. The van der Waals surface area contributed by atoms with E-state index >= 15 is 0 Å². The van der Waals surface area contributed by atoms with E-state index in [4.69, 9.17) is 14.2 Å². The third-order valence-corrected chi connectivity index (χ3v) is 2.35. The Morgan fingerprint density at radius 3 is 2.28 bits per heavy atom. The second kappa shape index (κ2) is 8.78. The highest BCUT2D eigenvalue weighted by Gasteiger charge is 2.09. The highest BCUT2D eigenvalue weighted by atomic mass is 16.7. The summed E-state index contributed by atoms with van der Waals surface area (Å²) < 4.78 is 16.5. The number of rotatable bonds is 9. The second-order valence-electron chi connectivity index (χ2n) is 3.65. The van der Waals surface area contributed by atoms with Gasteiger partial charge in [-0.25, -0.2) is 0 Å². The van der Waals surface area contributed by atoms with Crippen molar-refractivity contribution in [1.29, 1.82) is 0 Å². The number of para-hydroxylation sites is 2. The molecule has 0 aliphatic heterocycles. The molecule has 0 fully saturated rings. The molecule has 4 heteroatoms. The molecule has 0 aromatic heterocycles. The maximum Gasteiger partial charge on any atom is 0.174 e. The van der Waals surface area contributed by atoms with Gasteiger partial charge in [0.15, 0.2) is 6.29 Å². The van der Waals surface area contributed by atoms with Gasteiger partial charge in [0.25, 0.3) is 0 Å². The second-order valence-corrected chi connectivity index (χ2v) is 3.65. The van der Waals surface area contributed by atoms with E-state index in [2.05, 4.69) is 5.32 Å². The van der Waals surface area contributed by atoms with E-state index in [1.165, 1.54) is 0 Å². The first kappa shape index (κ1) is 14.8. The summed E-state index contributed by atoms with van der Waals surface area (Å²) in [7, 11) is 0. The van der Waals surface area contributed by atoms with Gasteiger partial charge in [-0.15, -0.1) is 0 Å². The Kier molecular flexibility index (Phi) is 7.22. The monoisotopic (exact) mass is 253 g/mol. The quantitative estimate of drug-likeness (QED) is 0.687. The Balaban J connectivity index is 2.54. The minimum atomic E-state index is -0.227. The molecule has 0 spiro atoms. The van der Waals surface area contributed by atoms with Crippen LogP contribution in [-0.4, -0.2) is 32.7 Å². The van der Waals surface area contributed by atoms with Crippen LogP contribution in [0.3, 0.4) is 0 Å². The van der Waals surface area contributed by atoms with E-state index in [0.717, 1.165) is 11.4 Å². The molecule has 4 nitrogen and oxygen atoms in total. The molecule has 1 aromatic carbocycles. The van der Waals surface area contributed by atoms with Gasteiger partial charge in [0.2, 0.25) is 0 Å². The van der Waals surface area contributed by atoms with Crippen LogP contribution in [0.1, 0.15) is 20.8 Å². The average Bonchev–Trinajstić information content (AvgIpc) is 2.38. The van der Waals surface area contributed by atoms with Gasteiger partial charge >= 0.3 is 0 Å². The summed E-state index contributed by atoms with van der Waals surface area (Å²) in [6, 6.07) is 7.86. The van der Waals surface area contributed by atoms with Crippen LogP contribution in [0.5, 0.6) is 5.75 Å². The normalized spacial score (nSPS) is 10.7. The molecule has 1 N–H and O–H groups in total. The number of hydrogen-bond acceptors (Lipinski definition) is 4. The summed E-state index contributed by atoms with van der Waals surface area (Å²) in [5.74, 6) is 0.853. The Morgan fingerprint density at radius 2 is 1.67 bits per heavy atom. The third-order valence-electron chi connectivity index (χ3n) is 2.35. The molecule has 0 bridgehead atoms.